The van der Waals surface area contributed by atoms with E-state index in [9.17, 15) is 4.79 Å². The van der Waals surface area contributed by atoms with Crippen LogP contribution in [0.15, 0.2) is 15.9 Å². The lowest BCUT2D eigenvalue weighted by atomic mass is 10.1. The van der Waals surface area contributed by atoms with Gasteiger partial charge in [-0.05, 0) is 48.1 Å². The second-order valence-electron chi connectivity index (χ2n) is 4.57. The summed E-state index contributed by atoms with van der Waals surface area (Å²) in [6.07, 6.45) is 0. The average molecular weight is 305 g/mol. The van der Waals surface area contributed by atoms with E-state index in [4.69, 9.17) is 0 Å². The fourth-order valence-corrected chi connectivity index (χ4v) is 2.47. The molecule has 0 bridgehead atoms. The van der Waals surface area contributed by atoms with Gasteiger partial charge in [-0.1, -0.05) is 0 Å². The monoisotopic (exact) mass is 304 g/mol. The Morgan fingerprint density at radius 1 is 1.50 bits per heavy atom. The third-order valence-electron chi connectivity index (χ3n) is 1.92. The fraction of sp³-hybridized carbons (Fsp3) is 0.545. The number of nitrogens with one attached hydrogen (secondary N) is 2. The van der Waals surface area contributed by atoms with Crippen LogP contribution in [-0.4, -0.2) is 18.0 Å². The molecule has 0 unspecified atom stereocenters. The zero-order valence-corrected chi connectivity index (χ0v) is 12.2. The highest BCUT2D eigenvalue weighted by Crippen LogP contribution is 2.21. The van der Waals surface area contributed by atoms with Gasteiger partial charge >= 0.3 is 0 Å². The van der Waals surface area contributed by atoms with Crippen molar-refractivity contribution in [1.82, 2.24) is 10.6 Å². The molecule has 0 aliphatic heterocycles. The van der Waals surface area contributed by atoms with Crippen LogP contribution in [0.4, 0.5) is 0 Å². The number of rotatable bonds is 4. The van der Waals surface area contributed by atoms with Crippen molar-refractivity contribution in [3.05, 3.63) is 20.8 Å². The van der Waals surface area contributed by atoms with Crippen LogP contribution >= 0.6 is 27.3 Å². The summed E-state index contributed by atoms with van der Waals surface area (Å²) in [5, 5.41) is 8.02. The summed E-state index contributed by atoms with van der Waals surface area (Å²) in [6.45, 7) is 7.05. The van der Waals surface area contributed by atoms with Gasteiger partial charge in [0.05, 0.1) is 13.1 Å². The van der Waals surface area contributed by atoms with E-state index in [0.717, 1.165) is 9.35 Å². The molecule has 0 aromatic carbocycles. The Bertz CT molecular complexity index is 357. The zero-order chi connectivity index (χ0) is 12.2. The van der Waals surface area contributed by atoms with Gasteiger partial charge in [-0.25, -0.2) is 0 Å². The third-order valence-corrected chi connectivity index (χ3v) is 3.84. The molecule has 0 aliphatic rings. The van der Waals surface area contributed by atoms with Crippen molar-refractivity contribution in [2.45, 2.75) is 32.9 Å². The largest absolute Gasteiger partial charge is 0.350 e. The van der Waals surface area contributed by atoms with Crippen molar-refractivity contribution in [2.24, 2.45) is 0 Å². The van der Waals surface area contributed by atoms with E-state index in [1.807, 2.05) is 32.2 Å². The van der Waals surface area contributed by atoms with Crippen molar-refractivity contribution in [3.63, 3.8) is 0 Å². The summed E-state index contributed by atoms with van der Waals surface area (Å²) < 4.78 is 1.06. The maximum absolute atomic E-state index is 11.5. The molecule has 1 rings (SSSR count). The Morgan fingerprint density at radius 3 is 2.69 bits per heavy atom. The molecule has 16 heavy (non-hydrogen) atoms. The number of halogens is 1. The number of carbonyl (C=O) groups is 1. The quantitative estimate of drug-likeness (QED) is 0.897. The average Bonchev–Trinajstić information content (AvgIpc) is 2.57. The van der Waals surface area contributed by atoms with E-state index in [-0.39, 0.29) is 11.4 Å². The van der Waals surface area contributed by atoms with Crippen LogP contribution in [0.2, 0.25) is 0 Å². The highest BCUT2D eigenvalue weighted by Gasteiger charge is 2.11. The van der Waals surface area contributed by atoms with Gasteiger partial charge in [-0.3, -0.25) is 4.79 Å². The van der Waals surface area contributed by atoms with Gasteiger partial charge in [-0.2, -0.15) is 0 Å². The smallest absolute Gasteiger partial charge is 0.234 e. The van der Waals surface area contributed by atoms with E-state index in [1.54, 1.807) is 11.3 Å². The summed E-state index contributed by atoms with van der Waals surface area (Å²) in [4.78, 5) is 12.7. The first-order valence-corrected chi connectivity index (χ1v) is 6.79. The molecule has 2 N–H and O–H groups in total. The summed E-state index contributed by atoms with van der Waals surface area (Å²) in [7, 11) is 0. The van der Waals surface area contributed by atoms with Crippen LogP contribution in [0.5, 0.6) is 0 Å². The van der Waals surface area contributed by atoms with Crippen LogP contribution in [0.25, 0.3) is 0 Å². The first-order valence-electron chi connectivity index (χ1n) is 5.12. The minimum absolute atomic E-state index is 0.0234. The van der Waals surface area contributed by atoms with Crippen molar-refractivity contribution in [2.75, 3.05) is 6.54 Å². The predicted octanol–water partition coefficient (Wildman–Crippen LogP) is 2.51. The molecule has 3 nitrogen and oxygen atoms in total. The van der Waals surface area contributed by atoms with Crippen LogP contribution in [0.3, 0.4) is 0 Å². The molecule has 0 saturated heterocycles. The highest BCUT2D eigenvalue weighted by atomic mass is 79.9. The van der Waals surface area contributed by atoms with Crippen molar-refractivity contribution >= 4 is 33.2 Å². The SMILES string of the molecule is CC(C)(C)NCC(=O)NCc1sccc1Br. The molecule has 5 heteroatoms. The number of thiophene rings is 1. The van der Waals surface area contributed by atoms with Gasteiger partial charge < -0.3 is 10.6 Å². The highest BCUT2D eigenvalue weighted by molar-refractivity contribution is 9.10. The second-order valence-corrected chi connectivity index (χ2v) is 6.43. The Labute approximate surface area is 109 Å². The predicted molar refractivity (Wildman–Crippen MR) is 71.6 cm³/mol. The molecule has 0 radical (unpaired) electrons. The lowest BCUT2D eigenvalue weighted by Gasteiger charge is -2.19. The molecular weight excluding hydrogens is 288 g/mol. The maximum atomic E-state index is 11.5. The third kappa shape index (κ3) is 5.09. The van der Waals surface area contributed by atoms with Gasteiger partial charge in [0.25, 0.3) is 0 Å². The van der Waals surface area contributed by atoms with E-state index >= 15 is 0 Å². The molecular formula is C11H17BrN2OS. The number of hydrogen-bond donors (Lipinski definition) is 2. The van der Waals surface area contributed by atoms with Gasteiger partial charge in [-0.15, -0.1) is 11.3 Å². The Balaban J connectivity index is 2.29. The molecule has 0 atom stereocenters. The van der Waals surface area contributed by atoms with Crippen LogP contribution < -0.4 is 10.6 Å². The maximum Gasteiger partial charge on any atom is 0.234 e. The molecule has 0 saturated carbocycles. The molecule has 0 aliphatic carbocycles. The standard InChI is InChI=1S/C11H17BrN2OS/c1-11(2,3)14-7-10(15)13-6-9-8(12)4-5-16-9/h4-5,14H,6-7H2,1-3H3,(H,13,15). The molecule has 1 heterocycles. The summed E-state index contributed by atoms with van der Waals surface area (Å²) in [6, 6.07) is 1.99. The van der Waals surface area contributed by atoms with Crippen molar-refractivity contribution in [3.8, 4) is 0 Å². The first-order chi connectivity index (χ1) is 7.38. The van der Waals surface area contributed by atoms with Gasteiger partial charge in [0, 0.05) is 14.9 Å². The molecule has 1 aromatic heterocycles. The summed E-state index contributed by atoms with van der Waals surface area (Å²) in [5.41, 5.74) is -0.0269. The zero-order valence-electron chi connectivity index (χ0n) is 9.76. The molecule has 1 amide bonds. The van der Waals surface area contributed by atoms with Crippen LogP contribution in [-0.2, 0) is 11.3 Å². The number of carbonyl (C=O) groups excluding carboxylic acids is 1. The van der Waals surface area contributed by atoms with Gasteiger partial charge in [0.1, 0.15) is 0 Å². The molecule has 0 spiro atoms. The Kier molecular flexibility index (Phi) is 4.95. The van der Waals surface area contributed by atoms with E-state index in [1.165, 1.54) is 0 Å². The number of amides is 1. The number of hydrogen-bond acceptors (Lipinski definition) is 3. The summed E-state index contributed by atoms with van der Waals surface area (Å²) >= 11 is 5.06. The normalized spacial score (nSPS) is 11.5. The van der Waals surface area contributed by atoms with Crippen molar-refractivity contribution in [1.29, 1.82) is 0 Å². The van der Waals surface area contributed by atoms with Gasteiger partial charge in [0.2, 0.25) is 5.91 Å². The molecule has 0 fully saturated rings. The van der Waals surface area contributed by atoms with E-state index in [2.05, 4.69) is 26.6 Å². The fourth-order valence-electron chi connectivity index (χ4n) is 1.04. The van der Waals surface area contributed by atoms with E-state index < -0.39 is 0 Å². The summed E-state index contributed by atoms with van der Waals surface area (Å²) in [5.74, 6) is 0.0234. The Morgan fingerprint density at radius 2 is 2.19 bits per heavy atom. The van der Waals surface area contributed by atoms with Crippen LogP contribution in [0.1, 0.15) is 25.6 Å². The van der Waals surface area contributed by atoms with Gasteiger partial charge in [0.15, 0.2) is 0 Å². The van der Waals surface area contributed by atoms with Crippen LogP contribution in [0, 0.1) is 0 Å². The van der Waals surface area contributed by atoms with Crippen molar-refractivity contribution < 1.29 is 4.79 Å². The lowest BCUT2D eigenvalue weighted by Crippen LogP contribution is -2.43. The second kappa shape index (κ2) is 5.80. The minimum atomic E-state index is -0.0269. The molecule has 1 aromatic rings. The minimum Gasteiger partial charge on any atom is -0.350 e. The lowest BCUT2D eigenvalue weighted by molar-refractivity contribution is -0.120. The van der Waals surface area contributed by atoms with E-state index in [0.29, 0.717) is 13.1 Å². The molecule has 90 valence electrons. The topological polar surface area (TPSA) is 41.1 Å². The Hall–Kier alpha value is -0.390. The first kappa shape index (κ1) is 13.7.